The number of aromatic nitrogens is 2. The Kier molecular flexibility index (Phi) is 5.67. The van der Waals surface area contributed by atoms with E-state index < -0.39 is 0 Å². The van der Waals surface area contributed by atoms with Gasteiger partial charge in [0.15, 0.2) is 5.82 Å². The number of anilines is 1. The third-order valence-corrected chi connectivity index (χ3v) is 4.46. The number of ether oxygens (including phenoxy) is 1. The highest BCUT2D eigenvalue weighted by molar-refractivity contribution is 6.03. The van der Waals surface area contributed by atoms with Crippen molar-refractivity contribution in [2.24, 2.45) is 0 Å². The molecule has 5 nitrogen and oxygen atoms in total. The number of amides is 1. The minimum absolute atomic E-state index is 0.178. The molecule has 0 fully saturated rings. The van der Waals surface area contributed by atoms with Crippen molar-refractivity contribution in [3.8, 4) is 5.75 Å². The molecule has 1 heterocycles. The Morgan fingerprint density at radius 2 is 1.55 bits per heavy atom. The number of carbonyl (C=O) groups is 1. The Labute approximate surface area is 169 Å². The number of nitrogens with one attached hydrogen (secondary N) is 1. The first kappa shape index (κ1) is 18.5. The van der Waals surface area contributed by atoms with E-state index in [9.17, 15) is 4.79 Å². The topological polar surface area (TPSA) is 56.2 Å². The summed E-state index contributed by atoms with van der Waals surface area (Å²) in [5.74, 6) is 1.16. The first-order valence-corrected chi connectivity index (χ1v) is 9.42. The van der Waals surface area contributed by atoms with Crippen molar-refractivity contribution in [3.05, 3.63) is 114 Å². The van der Waals surface area contributed by atoms with Crippen molar-refractivity contribution in [1.82, 2.24) is 9.78 Å². The van der Waals surface area contributed by atoms with Crippen LogP contribution in [0.15, 0.2) is 97.2 Å². The molecule has 0 aliphatic carbocycles. The van der Waals surface area contributed by atoms with Gasteiger partial charge in [-0.1, -0.05) is 66.7 Å². The summed E-state index contributed by atoms with van der Waals surface area (Å²) < 4.78 is 7.80. The minimum atomic E-state index is -0.178. The quantitative estimate of drug-likeness (QED) is 0.500. The third kappa shape index (κ3) is 4.90. The first-order valence-electron chi connectivity index (χ1n) is 9.42. The van der Waals surface area contributed by atoms with Crippen molar-refractivity contribution in [3.63, 3.8) is 0 Å². The fourth-order valence-electron chi connectivity index (χ4n) is 2.98. The molecular formula is C24H21N3O2. The maximum absolute atomic E-state index is 12.3. The Balaban J connectivity index is 1.42. The van der Waals surface area contributed by atoms with Gasteiger partial charge >= 0.3 is 0 Å². The summed E-state index contributed by atoms with van der Waals surface area (Å²) in [5.41, 5.74) is 2.74. The van der Waals surface area contributed by atoms with E-state index in [0.29, 0.717) is 24.5 Å². The number of carbonyl (C=O) groups excluding carboxylic acids is 1. The summed E-state index contributed by atoms with van der Waals surface area (Å²) in [4.78, 5) is 12.3. The first-order chi connectivity index (χ1) is 14.3. The standard InChI is InChI=1S/C24H21N3O2/c28-24(20-11-5-2-6-12-20)25-23-15-16-27(26-23)17-21-13-7-8-14-22(21)29-18-19-9-3-1-4-10-19/h1-16H,17-18H2,(H,25,26,28). The second-order valence-corrected chi connectivity index (χ2v) is 6.60. The van der Waals surface area contributed by atoms with Gasteiger partial charge in [-0.15, -0.1) is 0 Å². The minimum Gasteiger partial charge on any atom is -0.489 e. The average Bonchev–Trinajstić information content (AvgIpc) is 3.21. The lowest BCUT2D eigenvalue weighted by Gasteiger charge is -2.11. The average molecular weight is 383 g/mol. The molecule has 0 radical (unpaired) electrons. The highest BCUT2D eigenvalue weighted by Crippen LogP contribution is 2.21. The molecule has 144 valence electrons. The van der Waals surface area contributed by atoms with Gasteiger partial charge in [-0.25, -0.2) is 0 Å². The third-order valence-electron chi connectivity index (χ3n) is 4.46. The highest BCUT2D eigenvalue weighted by atomic mass is 16.5. The number of para-hydroxylation sites is 1. The van der Waals surface area contributed by atoms with E-state index in [4.69, 9.17) is 4.74 Å². The van der Waals surface area contributed by atoms with Gasteiger partial charge in [0.1, 0.15) is 12.4 Å². The second-order valence-electron chi connectivity index (χ2n) is 6.60. The molecule has 0 saturated carbocycles. The molecule has 1 aromatic heterocycles. The Morgan fingerprint density at radius 3 is 2.34 bits per heavy atom. The van der Waals surface area contributed by atoms with Crippen molar-refractivity contribution >= 4 is 11.7 Å². The zero-order valence-corrected chi connectivity index (χ0v) is 15.9. The Morgan fingerprint density at radius 1 is 0.862 bits per heavy atom. The lowest BCUT2D eigenvalue weighted by molar-refractivity contribution is 0.102. The molecule has 0 saturated heterocycles. The van der Waals surface area contributed by atoms with Crippen LogP contribution in [0.4, 0.5) is 5.82 Å². The SMILES string of the molecule is O=C(Nc1ccn(Cc2ccccc2OCc2ccccc2)n1)c1ccccc1. The van der Waals surface area contributed by atoms with E-state index in [0.717, 1.165) is 16.9 Å². The molecule has 29 heavy (non-hydrogen) atoms. The molecule has 4 rings (SSSR count). The molecule has 1 amide bonds. The van der Waals surface area contributed by atoms with Crippen molar-refractivity contribution < 1.29 is 9.53 Å². The van der Waals surface area contributed by atoms with Crippen molar-refractivity contribution in [1.29, 1.82) is 0 Å². The largest absolute Gasteiger partial charge is 0.489 e. The predicted octanol–water partition coefficient (Wildman–Crippen LogP) is 4.76. The molecule has 0 unspecified atom stereocenters. The van der Waals surface area contributed by atoms with Gasteiger partial charge in [-0.3, -0.25) is 9.48 Å². The molecule has 0 bridgehead atoms. The normalized spacial score (nSPS) is 10.5. The molecule has 0 aliphatic rings. The van der Waals surface area contributed by atoms with E-state index >= 15 is 0 Å². The van der Waals surface area contributed by atoms with Crippen LogP contribution in [0.5, 0.6) is 5.75 Å². The van der Waals surface area contributed by atoms with Crippen LogP contribution in [0.3, 0.4) is 0 Å². The molecule has 1 N–H and O–H groups in total. The fourth-order valence-corrected chi connectivity index (χ4v) is 2.98. The van der Waals surface area contributed by atoms with Crippen molar-refractivity contribution in [2.75, 3.05) is 5.32 Å². The van der Waals surface area contributed by atoms with Gasteiger partial charge in [-0.05, 0) is 23.8 Å². The van der Waals surface area contributed by atoms with Gasteiger partial charge in [0, 0.05) is 23.4 Å². The number of hydrogen-bond donors (Lipinski definition) is 1. The number of benzene rings is 3. The zero-order valence-electron chi connectivity index (χ0n) is 15.9. The van der Waals surface area contributed by atoms with E-state index in [1.807, 2.05) is 79.0 Å². The van der Waals surface area contributed by atoms with Crippen LogP contribution >= 0.6 is 0 Å². The summed E-state index contributed by atoms with van der Waals surface area (Å²) in [7, 11) is 0. The van der Waals surface area contributed by atoms with Crippen LogP contribution in [0.25, 0.3) is 0 Å². The predicted molar refractivity (Wildman–Crippen MR) is 113 cm³/mol. The highest BCUT2D eigenvalue weighted by Gasteiger charge is 2.09. The lowest BCUT2D eigenvalue weighted by Crippen LogP contribution is -2.12. The van der Waals surface area contributed by atoms with Crippen LogP contribution in [-0.4, -0.2) is 15.7 Å². The monoisotopic (exact) mass is 383 g/mol. The molecule has 4 aromatic rings. The van der Waals surface area contributed by atoms with Crippen LogP contribution in [0.1, 0.15) is 21.5 Å². The molecule has 3 aromatic carbocycles. The molecule has 0 spiro atoms. The summed E-state index contributed by atoms with van der Waals surface area (Å²) >= 11 is 0. The van der Waals surface area contributed by atoms with Crippen LogP contribution in [0.2, 0.25) is 0 Å². The molecule has 0 aliphatic heterocycles. The Hall–Kier alpha value is -3.86. The van der Waals surface area contributed by atoms with E-state index in [1.165, 1.54) is 0 Å². The number of rotatable bonds is 7. The van der Waals surface area contributed by atoms with E-state index in [1.54, 1.807) is 22.9 Å². The maximum atomic E-state index is 12.3. The van der Waals surface area contributed by atoms with Crippen LogP contribution in [-0.2, 0) is 13.2 Å². The summed E-state index contributed by atoms with van der Waals surface area (Å²) in [5, 5.41) is 7.28. The van der Waals surface area contributed by atoms with E-state index in [-0.39, 0.29) is 5.91 Å². The molecule has 5 heteroatoms. The van der Waals surface area contributed by atoms with Crippen LogP contribution < -0.4 is 10.1 Å². The summed E-state index contributed by atoms with van der Waals surface area (Å²) in [6, 6.07) is 28.9. The van der Waals surface area contributed by atoms with Gasteiger partial charge in [0.25, 0.3) is 5.91 Å². The Bertz CT molecular complexity index is 1080. The fraction of sp³-hybridized carbons (Fsp3) is 0.0833. The number of nitrogens with zero attached hydrogens (tertiary/aromatic N) is 2. The second kappa shape index (κ2) is 8.89. The summed E-state index contributed by atoms with van der Waals surface area (Å²) in [6.45, 7) is 1.06. The van der Waals surface area contributed by atoms with E-state index in [2.05, 4.69) is 10.4 Å². The zero-order chi connectivity index (χ0) is 19.9. The number of hydrogen-bond acceptors (Lipinski definition) is 3. The van der Waals surface area contributed by atoms with Gasteiger partial charge in [0.05, 0.1) is 6.54 Å². The summed E-state index contributed by atoms with van der Waals surface area (Å²) in [6.07, 6.45) is 1.84. The lowest BCUT2D eigenvalue weighted by atomic mass is 10.2. The van der Waals surface area contributed by atoms with Crippen LogP contribution in [0, 0.1) is 0 Å². The van der Waals surface area contributed by atoms with Gasteiger partial charge in [-0.2, -0.15) is 5.10 Å². The van der Waals surface area contributed by atoms with Crippen molar-refractivity contribution in [2.45, 2.75) is 13.2 Å². The van der Waals surface area contributed by atoms with Gasteiger partial charge in [0.2, 0.25) is 0 Å². The van der Waals surface area contributed by atoms with Gasteiger partial charge < -0.3 is 10.1 Å². The molecular weight excluding hydrogens is 362 g/mol. The maximum Gasteiger partial charge on any atom is 0.256 e. The molecule has 0 atom stereocenters. The smallest absolute Gasteiger partial charge is 0.256 e.